The molecule has 4 heteroatoms. The van der Waals surface area contributed by atoms with Crippen molar-refractivity contribution in [2.24, 2.45) is 11.3 Å². The molecule has 2 atom stereocenters. The number of rotatable bonds is 3. The van der Waals surface area contributed by atoms with Crippen molar-refractivity contribution < 1.29 is 13.5 Å². The zero-order chi connectivity index (χ0) is 15.0. The maximum absolute atomic E-state index is 12.5. The van der Waals surface area contributed by atoms with Gasteiger partial charge in [-0.25, -0.2) is 8.42 Å². The number of sulfone groups is 1. The smallest absolute Gasteiger partial charge is 0.178 e. The van der Waals surface area contributed by atoms with Crippen LogP contribution in [0.4, 0.5) is 0 Å². The molecule has 0 aromatic heterocycles. The molecule has 0 spiro atoms. The summed E-state index contributed by atoms with van der Waals surface area (Å²) >= 11 is 0. The Morgan fingerprint density at radius 1 is 1.25 bits per heavy atom. The molecule has 0 unspecified atom stereocenters. The Morgan fingerprint density at radius 2 is 1.85 bits per heavy atom. The Balaban J connectivity index is 2.33. The Hall–Kier alpha value is -1.13. The molecule has 1 aliphatic rings. The lowest BCUT2D eigenvalue weighted by Gasteiger charge is -2.42. The fourth-order valence-corrected chi connectivity index (χ4v) is 4.75. The quantitative estimate of drug-likeness (QED) is 0.872. The van der Waals surface area contributed by atoms with Crippen molar-refractivity contribution in [2.45, 2.75) is 38.2 Å². The molecule has 1 aliphatic carbocycles. The minimum absolute atomic E-state index is 0.0450. The van der Waals surface area contributed by atoms with Gasteiger partial charge in [-0.05, 0) is 30.9 Å². The molecular formula is C16H22O3S. The largest absolute Gasteiger partial charge is 0.392 e. The van der Waals surface area contributed by atoms with Crippen LogP contribution in [0.5, 0.6) is 0 Å². The Labute approximate surface area is 121 Å². The van der Waals surface area contributed by atoms with E-state index < -0.39 is 21.4 Å². The lowest BCUT2D eigenvalue weighted by Crippen LogP contribution is -2.43. The van der Waals surface area contributed by atoms with Gasteiger partial charge in [0, 0.05) is 5.92 Å². The van der Waals surface area contributed by atoms with Gasteiger partial charge in [0.1, 0.15) is 0 Å². The van der Waals surface area contributed by atoms with Crippen LogP contribution >= 0.6 is 0 Å². The summed E-state index contributed by atoms with van der Waals surface area (Å²) in [7, 11) is -3.34. The van der Waals surface area contributed by atoms with Gasteiger partial charge in [-0.15, -0.1) is 0 Å². The molecule has 0 saturated carbocycles. The van der Waals surface area contributed by atoms with E-state index in [4.69, 9.17) is 0 Å². The van der Waals surface area contributed by atoms with Crippen LogP contribution in [0.25, 0.3) is 0 Å². The molecule has 1 aromatic carbocycles. The highest BCUT2D eigenvalue weighted by Gasteiger charge is 2.41. The second-order valence-corrected chi connectivity index (χ2v) is 8.20. The maximum atomic E-state index is 12.5. The highest BCUT2D eigenvalue weighted by molar-refractivity contribution is 7.91. The number of aliphatic hydroxyl groups excluding tert-OH is 1. The summed E-state index contributed by atoms with van der Waals surface area (Å²) < 4.78 is 25.1. The molecule has 0 heterocycles. The summed E-state index contributed by atoms with van der Waals surface area (Å²) in [5, 5.41) is 10.2. The van der Waals surface area contributed by atoms with Gasteiger partial charge in [-0.3, -0.25) is 0 Å². The number of hydrogen-bond acceptors (Lipinski definition) is 3. The maximum Gasteiger partial charge on any atom is 0.178 e. The molecule has 0 fully saturated rings. The minimum atomic E-state index is -3.34. The van der Waals surface area contributed by atoms with E-state index in [2.05, 4.69) is 0 Å². The summed E-state index contributed by atoms with van der Waals surface area (Å²) in [6, 6.07) is 8.52. The van der Waals surface area contributed by atoms with E-state index >= 15 is 0 Å². The van der Waals surface area contributed by atoms with Crippen LogP contribution < -0.4 is 0 Å². The number of allylic oxidation sites excluding steroid dienone is 1. The van der Waals surface area contributed by atoms with Crippen molar-refractivity contribution in [3.63, 3.8) is 0 Å². The van der Waals surface area contributed by atoms with Gasteiger partial charge in [0.15, 0.2) is 9.84 Å². The van der Waals surface area contributed by atoms with Crippen molar-refractivity contribution in [1.29, 1.82) is 0 Å². The Bertz CT molecular complexity index is 600. The van der Waals surface area contributed by atoms with Gasteiger partial charge < -0.3 is 5.11 Å². The summed E-state index contributed by atoms with van der Waals surface area (Å²) in [4.78, 5) is 0.351. The highest BCUT2D eigenvalue weighted by Crippen LogP contribution is 2.42. The van der Waals surface area contributed by atoms with E-state index in [-0.39, 0.29) is 11.7 Å². The first kappa shape index (κ1) is 15.3. The van der Waals surface area contributed by atoms with Crippen LogP contribution in [-0.4, -0.2) is 25.4 Å². The van der Waals surface area contributed by atoms with Crippen LogP contribution in [0, 0.1) is 11.3 Å². The molecule has 0 saturated heterocycles. The van der Waals surface area contributed by atoms with E-state index in [0.717, 1.165) is 5.57 Å². The first-order chi connectivity index (χ1) is 9.25. The lowest BCUT2D eigenvalue weighted by molar-refractivity contribution is 0.0174. The Kier molecular flexibility index (Phi) is 4.07. The van der Waals surface area contributed by atoms with Gasteiger partial charge in [0.05, 0.1) is 16.8 Å². The average molecular weight is 294 g/mol. The highest BCUT2D eigenvalue weighted by atomic mass is 32.2. The SMILES string of the molecule is CC1=CC[C@H](O)C(C)(C)[C@@H]1CS(=O)(=O)c1ccccc1. The molecule has 3 nitrogen and oxygen atoms in total. The summed E-state index contributed by atoms with van der Waals surface area (Å²) in [5.74, 6) is -0.111. The molecular weight excluding hydrogens is 272 g/mol. The average Bonchev–Trinajstić information content (AvgIpc) is 2.41. The molecule has 2 rings (SSSR count). The lowest BCUT2D eigenvalue weighted by atomic mass is 9.68. The fraction of sp³-hybridized carbons (Fsp3) is 0.500. The summed E-state index contributed by atoms with van der Waals surface area (Å²) in [6.45, 7) is 5.84. The molecule has 1 N–H and O–H groups in total. The van der Waals surface area contributed by atoms with E-state index in [1.165, 1.54) is 0 Å². The third-order valence-electron chi connectivity index (χ3n) is 4.46. The van der Waals surface area contributed by atoms with Crippen LogP contribution in [0.1, 0.15) is 27.2 Å². The van der Waals surface area contributed by atoms with E-state index in [1.54, 1.807) is 30.3 Å². The third kappa shape index (κ3) is 2.81. The van der Waals surface area contributed by atoms with Crippen molar-refractivity contribution in [3.05, 3.63) is 42.0 Å². The fourth-order valence-electron chi connectivity index (χ4n) is 2.85. The first-order valence-electron chi connectivity index (χ1n) is 6.87. The monoisotopic (exact) mass is 294 g/mol. The standard InChI is InChI=1S/C16H22O3S/c1-12-9-10-15(17)16(2,3)14(12)11-20(18,19)13-7-5-4-6-8-13/h4-9,14-15,17H,10-11H2,1-3H3/t14-,15+/m1/s1. The molecule has 0 amide bonds. The Morgan fingerprint density at radius 3 is 2.45 bits per heavy atom. The van der Waals surface area contributed by atoms with Crippen molar-refractivity contribution in [1.82, 2.24) is 0 Å². The van der Waals surface area contributed by atoms with Crippen molar-refractivity contribution in [3.8, 4) is 0 Å². The number of aliphatic hydroxyl groups is 1. The van der Waals surface area contributed by atoms with Crippen molar-refractivity contribution in [2.75, 3.05) is 5.75 Å². The van der Waals surface area contributed by atoms with Gasteiger partial charge in [-0.1, -0.05) is 43.7 Å². The third-order valence-corrected chi connectivity index (χ3v) is 6.22. The minimum Gasteiger partial charge on any atom is -0.392 e. The molecule has 0 radical (unpaired) electrons. The number of hydrogen-bond donors (Lipinski definition) is 1. The summed E-state index contributed by atoms with van der Waals surface area (Å²) in [6.07, 6.45) is 2.06. The topological polar surface area (TPSA) is 54.4 Å². The van der Waals surface area contributed by atoms with Gasteiger partial charge in [0.25, 0.3) is 0 Å². The van der Waals surface area contributed by atoms with Crippen LogP contribution in [0.3, 0.4) is 0 Å². The van der Waals surface area contributed by atoms with E-state index in [9.17, 15) is 13.5 Å². The predicted octanol–water partition coefficient (Wildman–Crippen LogP) is 2.81. The van der Waals surface area contributed by atoms with E-state index in [0.29, 0.717) is 11.3 Å². The van der Waals surface area contributed by atoms with Crippen LogP contribution in [0.2, 0.25) is 0 Å². The molecule has 0 aliphatic heterocycles. The van der Waals surface area contributed by atoms with Gasteiger partial charge >= 0.3 is 0 Å². The normalized spacial score (nSPS) is 26.1. The zero-order valence-corrected chi connectivity index (χ0v) is 13.0. The molecule has 20 heavy (non-hydrogen) atoms. The second kappa shape index (κ2) is 5.34. The first-order valence-corrected chi connectivity index (χ1v) is 8.53. The zero-order valence-electron chi connectivity index (χ0n) is 12.2. The van der Waals surface area contributed by atoms with Gasteiger partial charge in [-0.2, -0.15) is 0 Å². The number of benzene rings is 1. The van der Waals surface area contributed by atoms with Gasteiger partial charge in [0.2, 0.25) is 0 Å². The molecule has 1 aromatic rings. The molecule has 110 valence electrons. The molecule has 0 bridgehead atoms. The van der Waals surface area contributed by atoms with E-state index in [1.807, 2.05) is 26.8 Å². The van der Waals surface area contributed by atoms with Crippen LogP contribution in [0.15, 0.2) is 46.9 Å². The summed E-state index contributed by atoms with van der Waals surface area (Å²) in [5.41, 5.74) is 0.625. The van der Waals surface area contributed by atoms with Crippen LogP contribution in [-0.2, 0) is 9.84 Å². The predicted molar refractivity (Wildman–Crippen MR) is 80.1 cm³/mol. The second-order valence-electron chi connectivity index (χ2n) is 6.17. The van der Waals surface area contributed by atoms with Crippen molar-refractivity contribution >= 4 is 9.84 Å².